The number of nitrogens with zero attached hydrogens (tertiary/aromatic N) is 2. The summed E-state index contributed by atoms with van der Waals surface area (Å²) in [5.41, 5.74) is 0.290. The minimum Gasteiger partial charge on any atom is -0.459 e. The summed E-state index contributed by atoms with van der Waals surface area (Å²) in [4.78, 5) is 15.2. The SMILES string of the molecule is CN1[C@@H]2CC[C@H]1C[C@@H](OC(=O)c1c(Cl)n(CC(F)(F)F)c3ccccc13)C2. The van der Waals surface area contributed by atoms with Crippen LogP contribution in [0.25, 0.3) is 10.9 Å². The Hall–Kier alpha value is -1.73. The second kappa shape index (κ2) is 6.71. The zero-order valence-electron chi connectivity index (χ0n) is 14.8. The topological polar surface area (TPSA) is 34.5 Å². The number of hydrogen-bond acceptors (Lipinski definition) is 3. The van der Waals surface area contributed by atoms with E-state index in [2.05, 4.69) is 11.9 Å². The molecule has 0 unspecified atom stereocenters. The van der Waals surface area contributed by atoms with Gasteiger partial charge in [0.1, 0.15) is 23.4 Å². The van der Waals surface area contributed by atoms with Crippen LogP contribution in [0.3, 0.4) is 0 Å². The lowest BCUT2D eigenvalue weighted by Crippen LogP contribution is -2.43. The van der Waals surface area contributed by atoms with Crippen LogP contribution in [0, 0.1) is 0 Å². The average molecular weight is 401 g/mol. The molecule has 1 aromatic heterocycles. The van der Waals surface area contributed by atoms with Crippen molar-refractivity contribution in [2.24, 2.45) is 0 Å². The van der Waals surface area contributed by atoms with Gasteiger partial charge in [-0.05, 0) is 26.0 Å². The summed E-state index contributed by atoms with van der Waals surface area (Å²) >= 11 is 6.22. The van der Waals surface area contributed by atoms with Gasteiger partial charge < -0.3 is 14.2 Å². The number of rotatable bonds is 3. The van der Waals surface area contributed by atoms with Gasteiger partial charge in [-0.25, -0.2) is 4.79 Å². The quantitative estimate of drug-likeness (QED) is 0.704. The van der Waals surface area contributed by atoms with Crippen LogP contribution in [-0.4, -0.2) is 46.8 Å². The van der Waals surface area contributed by atoms with Crippen molar-refractivity contribution >= 4 is 28.5 Å². The number of alkyl halides is 3. The first-order valence-corrected chi connectivity index (χ1v) is 9.39. The van der Waals surface area contributed by atoms with Crippen LogP contribution in [0.5, 0.6) is 0 Å². The number of piperidine rings is 1. The average Bonchev–Trinajstić information content (AvgIpc) is 2.96. The molecule has 3 heterocycles. The van der Waals surface area contributed by atoms with Crippen molar-refractivity contribution in [1.82, 2.24) is 9.47 Å². The smallest absolute Gasteiger partial charge is 0.406 e. The molecular formula is C19H20ClF3N2O2. The Morgan fingerprint density at radius 3 is 2.48 bits per heavy atom. The van der Waals surface area contributed by atoms with Gasteiger partial charge in [0, 0.05) is 30.3 Å². The van der Waals surface area contributed by atoms with E-state index >= 15 is 0 Å². The highest BCUT2D eigenvalue weighted by atomic mass is 35.5. The first-order valence-electron chi connectivity index (χ1n) is 9.01. The third kappa shape index (κ3) is 3.43. The lowest BCUT2D eigenvalue weighted by molar-refractivity contribution is -0.139. The summed E-state index contributed by atoms with van der Waals surface area (Å²) in [5, 5.41) is 0.155. The van der Waals surface area contributed by atoms with Crippen molar-refractivity contribution in [1.29, 1.82) is 0 Å². The lowest BCUT2D eigenvalue weighted by atomic mass is 10.0. The maximum absolute atomic E-state index is 13.0. The molecule has 2 aliphatic rings. The summed E-state index contributed by atoms with van der Waals surface area (Å²) in [6, 6.07) is 7.20. The van der Waals surface area contributed by atoms with Gasteiger partial charge in [-0.2, -0.15) is 13.2 Å². The van der Waals surface area contributed by atoms with Crippen molar-refractivity contribution in [3.8, 4) is 0 Å². The Bertz CT molecular complexity index is 866. The first kappa shape index (κ1) is 18.6. The van der Waals surface area contributed by atoms with Crippen molar-refractivity contribution in [2.45, 2.75) is 56.6 Å². The zero-order chi connectivity index (χ0) is 19.3. The van der Waals surface area contributed by atoms with E-state index in [9.17, 15) is 18.0 Å². The number of hydrogen-bond donors (Lipinski definition) is 0. The number of fused-ring (bicyclic) bond motifs is 3. The molecule has 146 valence electrons. The maximum Gasteiger partial charge on any atom is 0.406 e. The van der Waals surface area contributed by atoms with E-state index < -0.39 is 18.7 Å². The van der Waals surface area contributed by atoms with E-state index in [0.717, 1.165) is 30.3 Å². The molecular weight excluding hydrogens is 381 g/mol. The minimum atomic E-state index is -4.44. The maximum atomic E-state index is 13.0. The Kier molecular flexibility index (Phi) is 4.63. The summed E-state index contributed by atoms with van der Waals surface area (Å²) < 4.78 is 45.5. The summed E-state index contributed by atoms with van der Waals surface area (Å²) in [5.74, 6) is -0.647. The number of benzene rings is 1. The normalized spacial score (nSPS) is 25.9. The fourth-order valence-electron chi connectivity index (χ4n) is 4.47. The van der Waals surface area contributed by atoms with Crippen molar-refractivity contribution in [3.63, 3.8) is 0 Å². The second-order valence-electron chi connectivity index (χ2n) is 7.43. The third-order valence-corrected chi connectivity index (χ3v) is 6.17. The molecule has 4 rings (SSSR count). The number of carbonyl (C=O) groups is 1. The number of ether oxygens (including phenoxy) is 1. The number of esters is 1. The Labute approximate surface area is 159 Å². The monoisotopic (exact) mass is 400 g/mol. The fraction of sp³-hybridized carbons (Fsp3) is 0.526. The zero-order valence-corrected chi connectivity index (χ0v) is 15.6. The third-order valence-electron chi connectivity index (χ3n) is 5.78. The van der Waals surface area contributed by atoms with Gasteiger partial charge in [-0.1, -0.05) is 29.8 Å². The summed E-state index contributed by atoms with van der Waals surface area (Å²) in [6.07, 6.45) is -1.01. The van der Waals surface area contributed by atoms with Crippen LogP contribution < -0.4 is 0 Å². The van der Waals surface area contributed by atoms with E-state index in [1.165, 1.54) is 6.07 Å². The van der Waals surface area contributed by atoms with E-state index in [0.29, 0.717) is 17.5 Å². The molecule has 2 fully saturated rings. The molecule has 0 spiro atoms. The number of carbonyl (C=O) groups excluding carboxylic acids is 1. The minimum absolute atomic E-state index is 0.0165. The lowest BCUT2D eigenvalue weighted by Gasteiger charge is -2.35. The molecule has 27 heavy (non-hydrogen) atoms. The van der Waals surface area contributed by atoms with Crippen LogP contribution in [0.4, 0.5) is 13.2 Å². The van der Waals surface area contributed by atoms with Gasteiger partial charge in [-0.15, -0.1) is 0 Å². The van der Waals surface area contributed by atoms with E-state index in [-0.39, 0.29) is 22.3 Å². The van der Waals surface area contributed by atoms with E-state index in [4.69, 9.17) is 16.3 Å². The molecule has 8 heteroatoms. The standard InChI is InChI=1S/C19H20ClF3N2O2/c1-24-11-6-7-12(24)9-13(8-11)27-18(26)16-14-4-2-3-5-15(14)25(17(16)20)10-19(21,22)23/h2-5,11-13H,6-10H2,1H3/t11-,12+,13+. The number of aromatic nitrogens is 1. The Balaban J connectivity index is 1.63. The highest BCUT2D eigenvalue weighted by Gasteiger charge is 2.40. The summed E-state index contributed by atoms with van der Waals surface area (Å²) in [6.45, 7) is -1.25. The molecule has 0 radical (unpaired) electrons. The first-order chi connectivity index (χ1) is 12.7. The van der Waals surface area contributed by atoms with E-state index in [1.807, 2.05) is 0 Å². The molecule has 2 bridgehead atoms. The molecule has 0 N–H and O–H groups in total. The molecule has 3 atom stereocenters. The second-order valence-corrected chi connectivity index (χ2v) is 7.79. The van der Waals surface area contributed by atoms with E-state index in [1.54, 1.807) is 18.2 Å². The van der Waals surface area contributed by atoms with Gasteiger partial charge in [0.25, 0.3) is 0 Å². The molecule has 2 aliphatic heterocycles. The van der Waals surface area contributed by atoms with Gasteiger partial charge in [0.15, 0.2) is 0 Å². The largest absolute Gasteiger partial charge is 0.459 e. The van der Waals surface area contributed by atoms with Gasteiger partial charge in [0.2, 0.25) is 0 Å². The molecule has 2 saturated heterocycles. The van der Waals surface area contributed by atoms with Crippen molar-refractivity contribution < 1.29 is 22.7 Å². The predicted molar refractivity (Wildman–Crippen MR) is 96.0 cm³/mol. The van der Waals surface area contributed by atoms with Gasteiger partial charge in [0.05, 0.1) is 5.52 Å². The van der Waals surface area contributed by atoms with Crippen molar-refractivity contribution in [2.75, 3.05) is 7.05 Å². The Morgan fingerprint density at radius 1 is 1.22 bits per heavy atom. The number of para-hydroxylation sites is 1. The Morgan fingerprint density at radius 2 is 1.85 bits per heavy atom. The number of halogens is 4. The van der Waals surface area contributed by atoms with Gasteiger partial charge in [-0.3, -0.25) is 0 Å². The summed E-state index contributed by atoms with van der Waals surface area (Å²) in [7, 11) is 2.09. The molecule has 0 aliphatic carbocycles. The molecule has 0 amide bonds. The molecule has 4 nitrogen and oxygen atoms in total. The van der Waals surface area contributed by atoms with Crippen molar-refractivity contribution in [3.05, 3.63) is 35.0 Å². The molecule has 1 aromatic carbocycles. The van der Waals surface area contributed by atoms with Crippen LogP contribution >= 0.6 is 11.6 Å². The van der Waals surface area contributed by atoms with Gasteiger partial charge >= 0.3 is 12.1 Å². The highest BCUT2D eigenvalue weighted by Crippen LogP contribution is 2.37. The van der Waals surface area contributed by atoms with Crippen LogP contribution in [-0.2, 0) is 11.3 Å². The fourth-order valence-corrected chi connectivity index (χ4v) is 4.80. The highest BCUT2D eigenvalue weighted by molar-refractivity contribution is 6.35. The molecule has 0 saturated carbocycles. The van der Waals surface area contributed by atoms with Crippen LogP contribution in [0.1, 0.15) is 36.0 Å². The molecule has 2 aromatic rings. The van der Waals surface area contributed by atoms with Crippen LogP contribution in [0.15, 0.2) is 24.3 Å². The predicted octanol–water partition coefficient (Wildman–Crippen LogP) is 4.64. The van der Waals surface area contributed by atoms with Crippen LogP contribution in [0.2, 0.25) is 5.15 Å².